The highest BCUT2D eigenvalue weighted by atomic mass is 16.3. The van der Waals surface area contributed by atoms with Crippen LogP contribution in [0, 0.1) is 0 Å². The van der Waals surface area contributed by atoms with Gasteiger partial charge < -0.3 is 15.0 Å². The van der Waals surface area contributed by atoms with E-state index in [0.717, 1.165) is 0 Å². The highest BCUT2D eigenvalue weighted by molar-refractivity contribution is 6.04. The van der Waals surface area contributed by atoms with Crippen LogP contribution in [0.4, 0.5) is 5.69 Å². The molecule has 2 aromatic rings. The van der Waals surface area contributed by atoms with Gasteiger partial charge in [-0.05, 0) is 24.3 Å². The number of carbonyl (C=O) groups excluding carboxylic acids is 1. The number of aryl methyl sites for hydroxylation is 1. The standard InChI is InChI=1S/C13H12N2O3/c1-15-8-4-5-9(13(15)18)12(17)14-10-6-2-3-7-11(10)16/h2-8,16H,1H3,(H,14,17). The number of phenols is 1. The maximum Gasteiger partial charge on any atom is 0.263 e. The van der Waals surface area contributed by atoms with Crippen molar-refractivity contribution in [2.75, 3.05) is 5.32 Å². The van der Waals surface area contributed by atoms with E-state index < -0.39 is 5.91 Å². The van der Waals surface area contributed by atoms with Gasteiger partial charge in [-0.15, -0.1) is 0 Å². The Morgan fingerprint density at radius 2 is 1.94 bits per heavy atom. The topological polar surface area (TPSA) is 71.3 Å². The van der Waals surface area contributed by atoms with Crippen LogP contribution >= 0.6 is 0 Å². The Hall–Kier alpha value is -2.56. The van der Waals surface area contributed by atoms with Gasteiger partial charge in [0.05, 0.1) is 5.69 Å². The molecule has 1 amide bonds. The number of benzene rings is 1. The monoisotopic (exact) mass is 244 g/mol. The lowest BCUT2D eigenvalue weighted by molar-refractivity contribution is 0.102. The molecule has 0 fully saturated rings. The number of phenolic OH excluding ortho intramolecular Hbond substituents is 1. The minimum absolute atomic E-state index is 0.0308. The van der Waals surface area contributed by atoms with Crippen molar-refractivity contribution in [3.8, 4) is 5.75 Å². The molecule has 0 bridgehead atoms. The third-order valence-electron chi connectivity index (χ3n) is 2.52. The first-order chi connectivity index (χ1) is 8.59. The molecule has 2 rings (SSSR count). The third-order valence-corrected chi connectivity index (χ3v) is 2.52. The summed E-state index contributed by atoms with van der Waals surface area (Å²) in [5.74, 6) is -0.587. The van der Waals surface area contributed by atoms with Crippen LogP contribution in [0.2, 0.25) is 0 Å². The van der Waals surface area contributed by atoms with Crippen molar-refractivity contribution < 1.29 is 9.90 Å². The van der Waals surface area contributed by atoms with Gasteiger partial charge >= 0.3 is 0 Å². The molecule has 5 nitrogen and oxygen atoms in total. The second-order valence-corrected chi connectivity index (χ2v) is 3.81. The molecular formula is C13H12N2O3. The lowest BCUT2D eigenvalue weighted by Gasteiger charge is -2.07. The first-order valence-electron chi connectivity index (χ1n) is 5.34. The van der Waals surface area contributed by atoms with E-state index in [-0.39, 0.29) is 22.6 Å². The van der Waals surface area contributed by atoms with Crippen molar-refractivity contribution in [1.82, 2.24) is 4.57 Å². The van der Waals surface area contributed by atoms with E-state index in [1.54, 1.807) is 37.5 Å². The zero-order valence-electron chi connectivity index (χ0n) is 9.75. The zero-order chi connectivity index (χ0) is 13.1. The number of rotatable bonds is 2. The van der Waals surface area contributed by atoms with Crippen molar-refractivity contribution in [3.63, 3.8) is 0 Å². The zero-order valence-corrected chi connectivity index (χ0v) is 9.75. The average molecular weight is 244 g/mol. The number of nitrogens with one attached hydrogen (secondary N) is 1. The lowest BCUT2D eigenvalue weighted by atomic mass is 10.2. The maximum absolute atomic E-state index is 11.9. The summed E-state index contributed by atoms with van der Waals surface area (Å²) in [7, 11) is 1.57. The van der Waals surface area contributed by atoms with E-state index in [1.165, 1.54) is 16.7 Å². The van der Waals surface area contributed by atoms with Crippen LogP contribution in [-0.4, -0.2) is 15.6 Å². The minimum Gasteiger partial charge on any atom is -0.506 e. The number of aromatic hydroxyl groups is 1. The number of hydrogen-bond donors (Lipinski definition) is 2. The molecule has 0 aliphatic carbocycles. The Labute approximate surface area is 103 Å². The fourth-order valence-corrected chi connectivity index (χ4v) is 1.54. The normalized spacial score (nSPS) is 10.1. The smallest absolute Gasteiger partial charge is 0.263 e. The predicted molar refractivity (Wildman–Crippen MR) is 67.7 cm³/mol. The van der Waals surface area contributed by atoms with Gasteiger partial charge in [-0.2, -0.15) is 0 Å². The molecule has 2 N–H and O–H groups in total. The predicted octanol–water partition coefficient (Wildman–Crippen LogP) is 1.34. The number of anilines is 1. The molecule has 1 aromatic heterocycles. The van der Waals surface area contributed by atoms with E-state index in [2.05, 4.69) is 5.32 Å². The van der Waals surface area contributed by atoms with Gasteiger partial charge in [0.2, 0.25) is 0 Å². The van der Waals surface area contributed by atoms with Gasteiger partial charge in [-0.3, -0.25) is 9.59 Å². The maximum atomic E-state index is 11.9. The van der Waals surface area contributed by atoms with Gasteiger partial charge in [0.25, 0.3) is 11.5 Å². The quantitative estimate of drug-likeness (QED) is 0.783. The second-order valence-electron chi connectivity index (χ2n) is 3.81. The van der Waals surface area contributed by atoms with E-state index in [0.29, 0.717) is 0 Å². The summed E-state index contributed by atoms with van der Waals surface area (Å²) in [5.41, 5.74) is -0.0814. The molecule has 0 aliphatic heterocycles. The van der Waals surface area contributed by atoms with E-state index in [4.69, 9.17) is 0 Å². The number of pyridine rings is 1. The second kappa shape index (κ2) is 4.75. The van der Waals surface area contributed by atoms with E-state index in [9.17, 15) is 14.7 Å². The van der Waals surface area contributed by atoms with Gasteiger partial charge in [0.15, 0.2) is 0 Å². The van der Waals surface area contributed by atoms with Crippen LogP contribution in [0.1, 0.15) is 10.4 Å². The number of amides is 1. The van der Waals surface area contributed by atoms with Crippen molar-refractivity contribution in [2.45, 2.75) is 0 Å². The number of aromatic nitrogens is 1. The van der Waals surface area contributed by atoms with E-state index in [1.807, 2.05) is 0 Å². The summed E-state index contributed by atoms with van der Waals surface area (Å²) < 4.78 is 1.32. The Morgan fingerprint density at radius 3 is 2.67 bits per heavy atom. The van der Waals surface area contributed by atoms with Gasteiger partial charge in [-0.1, -0.05) is 12.1 Å². The van der Waals surface area contributed by atoms with Crippen LogP contribution in [0.15, 0.2) is 47.4 Å². The van der Waals surface area contributed by atoms with Crippen LogP contribution in [0.5, 0.6) is 5.75 Å². The molecule has 0 radical (unpaired) electrons. The molecule has 0 unspecified atom stereocenters. The lowest BCUT2D eigenvalue weighted by Crippen LogP contribution is -2.27. The molecule has 0 saturated heterocycles. The number of para-hydroxylation sites is 2. The Balaban J connectivity index is 2.31. The molecule has 92 valence electrons. The van der Waals surface area contributed by atoms with Crippen LogP contribution in [0.3, 0.4) is 0 Å². The molecule has 5 heteroatoms. The summed E-state index contributed by atoms with van der Waals surface area (Å²) in [6.07, 6.45) is 1.57. The summed E-state index contributed by atoms with van der Waals surface area (Å²) in [6, 6.07) is 9.39. The summed E-state index contributed by atoms with van der Waals surface area (Å²) in [4.78, 5) is 23.6. The molecule has 18 heavy (non-hydrogen) atoms. The SMILES string of the molecule is Cn1cccc(C(=O)Nc2ccccc2O)c1=O. The fraction of sp³-hybridized carbons (Fsp3) is 0.0769. The minimum atomic E-state index is -0.544. The van der Waals surface area contributed by atoms with Crippen LogP contribution < -0.4 is 10.9 Å². The third kappa shape index (κ3) is 2.24. The van der Waals surface area contributed by atoms with E-state index >= 15 is 0 Å². The largest absolute Gasteiger partial charge is 0.506 e. The fourth-order valence-electron chi connectivity index (χ4n) is 1.54. The molecule has 1 heterocycles. The number of nitrogens with zero attached hydrogens (tertiary/aromatic N) is 1. The van der Waals surface area contributed by atoms with Gasteiger partial charge in [-0.25, -0.2) is 0 Å². The highest BCUT2D eigenvalue weighted by Gasteiger charge is 2.12. The summed E-state index contributed by atoms with van der Waals surface area (Å²) >= 11 is 0. The molecule has 0 atom stereocenters. The molecular weight excluding hydrogens is 232 g/mol. The van der Waals surface area contributed by atoms with Crippen LogP contribution in [0.25, 0.3) is 0 Å². The number of carbonyl (C=O) groups is 1. The van der Waals surface area contributed by atoms with Crippen molar-refractivity contribution in [2.24, 2.45) is 7.05 Å². The van der Waals surface area contributed by atoms with Crippen LogP contribution in [-0.2, 0) is 7.05 Å². The van der Waals surface area contributed by atoms with Crippen molar-refractivity contribution in [3.05, 3.63) is 58.5 Å². The first-order valence-corrected chi connectivity index (χ1v) is 5.34. The van der Waals surface area contributed by atoms with Gasteiger partial charge in [0.1, 0.15) is 11.3 Å². The number of hydrogen-bond acceptors (Lipinski definition) is 3. The molecule has 0 saturated carbocycles. The average Bonchev–Trinajstić information content (AvgIpc) is 2.35. The van der Waals surface area contributed by atoms with Gasteiger partial charge in [0, 0.05) is 13.2 Å². The highest BCUT2D eigenvalue weighted by Crippen LogP contribution is 2.21. The molecule has 0 aliphatic rings. The molecule has 1 aromatic carbocycles. The van der Waals surface area contributed by atoms with Crippen molar-refractivity contribution >= 4 is 11.6 Å². The Bertz CT molecular complexity index is 647. The Morgan fingerprint density at radius 1 is 1.22 bits per heavy atom. The first kappa shape index (κ1) is 11.9. The summed E-state index contributed by atoms with van der Waals surface area (Å²) in [6.45, 7) is 0. The van der Waals surface area contributed by atoms with Crippen molar-refractivity contribution in [1.29, 1.82) is 0 Å². The molecule has 0 spiro atoms. The summed E-state index contributed by atoms with van der Waals surface area (Å²) in [5, 5.41) is 12.0. The Kier molecular flexibility index (Phi) is 3.14.